The number of aromatic nitrogens is 1. The average molecular weight is 310 g/mol. The number of ether oxygens (including phenoxy) is 1. The number of piperidine rings is 1. The Morgan fingerprint density at radius 1 is 1.38 bits per heavy atom. The van der Waals surface area contributed by atoms with Gasteiger partial charge in [-0.3, -0.25) is 0 Å². The molecule has 4 nitrogen and oxygen atoms in total. The van der Waals surface area contributed by atoms with E-state index in [4.69, 9.17) is 21.3 Å². The fourth-order valence-corrected chi connectivity index (χ4v) is 3.02. The molecule has 1 aromatic heterocycles. The third kappa shape index (κ3) is 3.68. The molecular formula is C16H24ClN3O. The molecule has 0 amide bonds. The zero-order valence-electron chi connectivity index (χ0n) is 12.8. The Morgan fingerprint density at radius 2 is 2.19 bits per heavy atom. The Morgan fingerprint density at radius 3 is 2.90 bits per heavy atom. The smallest absolute Gasteiger partial charge is 0.129 e. The predicted molar refractivity (Wildman–Crippen MR) is 85.9 cm³/mol. The van der Waals surface area contributed by atoms with E-state index in [-0.39, 0.29) is 6.10 Å². The molecule has 2 heterocycles. The van der Waals surface area contributed by atoms with Gasteiger partial charge in [0, 0.05) is 32.8 Å². The van der Waals surface area contributed by atoms with Crippen molar-refractivity contribution >= 4 is 17.4 Å². The Kier molecular flexibility index (Phi) is 4.67. The molecule has 2 unspecified atom stereocenters. The van der Waals surface area contributed by atoms with Gasteiger partial charge in [-0.2, -0.15) is 0 Å². The van der Waals surface area contributed by atoms with Crippen molar-refractivity contribution in [3.63, 3.8) is 0 Å². The van der Waals surface area contributed by atoms with Crippen molar-refractivity contribution in [1.29, 1.82) is 0 Å². The Hall–Kier alpha value is -0.840. The van der Waals surface area contributed by atoms with Crippen molar-refractivity contribution < 1.29 is 4.74 Å². The number of hydrogen-bond donors (Lipinski definition) is 1. The maximum absolute atomic E-state index is 6.27. The highest BCUT2D eigenvalue weighted by Gasteiger charge is 2.27. The second-order valence-electron chi connectivity index (χ2n) is 6.24. The highest BCUT2D eigenvalue weighted by molar-refractivity contribution is 6.31. The van der Waals surface area contributed by atoms with Crippen molar-refractivity contribution in [3.05, 3.63) is 22.8 Å². The second-order valence-corrected chi connectivity index (χ2v) is 6.65. The number of anilines is 1. The lowest BCUT2D eigenvalue weighted by Gasteiger charge is -2.37. The molecule has 3 rings (SSSR count). The van der Waals surface area contributed by atoms with E-state index in [0.717, 1.165) is 42.6 Å². The van der Waals surface area contributed by atoms with Crippen molar-refractivity contribution in [2.45, 2.75) is 44.9 Å². The lowest BCUT2D eigenvalue weighted by Crippen LogP contribution is -2.44. The van der Waals surface area contributed by atoms with Crippen LogP contribution >= 0.6 is 11.6 Å². The summed E-state index contributed by atoms with van der Waals surface area (Å²) in [5.41, 5.74) is 0.952. The van der Waals surface area contributed by atoms with Crippen LogP contribution in [0.2, 0.25) is 5.02 Å². The van der Waals surface area contributed by atoms with Gasteiger partial charge < -0.3 is 15.0 Å². The van der Waals surface area contributed by atoms with Crippen LogP contribution in [0.1, 0.15) is 31.9 Å². The van der Waals surface area contributed by atoms with Crippen molar-refractivity contribution in [2.75, 3.05) is 25.1 Å². The lowest BCUT2D eigenvalue weighted by atomic mass is 9.96. The molecule has 1 saturated carbocycles. The third-order valence-electron chi connectivity index (χ3n) is 4.56. The highest BCUT2D eigenvalue weighted by Crippen LogP contribution is 2.26. The van der Waals surface area contributed by atoms with Gasteiger partial charge in [0.15, 0.2) is 0 Å². The van der Waals surface area contributed by atoms with E-state index in [2.05, 4.69) is 17.1 Å². The third-order valence-corrected chi connectivity index (χ3v) is 4.90. The van der Waals surface area contributed by atoms with Gasteiger partial charge >= 0.3 is 0 Å². The minimum Gasteiger partial charge on any atom is -0.379 e. The number of methoxy groups -OCH3 is 1. The molecule has 21 heavy (non-hydrogen) atoms. The van der Waals surface area contributed by atoms with Gasteiger partial charge in [0.2, 0.25) is 0 Å². The molecule has 0 spiro atoms. The van der Waals surface area contributed by atoms with E-state index < -0.39 is 0 Å². The van der Waals surface area contributed by atoms with Crippen LogP contribution in [-0.2, 0) is 11.3 Å². The quantitative estimate of drug-likeness (QED) is 0.907. The predicted octanol–water partition coefficient (Wildman–Crippen LogP) is 2.85. The van der Waals surface area contributed by atoms with E-state index in [9.17, 15) is 0 Å². The van der Waals surface area contributed by atoms with Crippen molar-refractivity contribution in [2.24, 2.45) is 5.92 Å². The van der Waals surface area contributed by atoms with Gasteiger partial charge in [0.1, 0.15) is 5.82 Å². The first-order chi connectivity index (χ1) is 10.2. The summed E-state index contributed by atoms with van der Waals surface area (Å²) in [6, 6.07) is 4.65. The summed E-state index contributed by atoms with van der Waals surface area (Å²) >= 11 is 6.27. The first-order valence-corrected chi connectivity index (χ1v) is 8.21. The molecule has 5 heteroatoms. The SMILES string of the molecule is COC1CN(c2ccc(Cl)c(CNC3CC3)n2)CCC1C. The van der Waals surface area contributed by atoms with Crippen molar-refractivity contribution in [1.82, 2.24) is 10.3 Å². The monoisotopic (exact) mass is 309 g/mol. The zero-order chi connectivity index (χ0) is 14.8. The second kappa shape index (κ2) is 6.51. The van der Waals surface area contributed by atoms with Crippen LogP contribution < -0.4 is 10.2 Å². The molecule has 1 aromatic rings. The maximum atomic E-state index is 6.27. The molecule has 0 bridgehead atoms. The largest absolute Gasteiger partial charge is 0.379 e. The number of halogens is 1. The molecule has 0 radical (unpaired) electrons. The van der Waals surface area contributed by atoms with E-state index in [0.29, 0.717) is 12.0 Å². The summed E-state index contributed by atoms with van der Waals surface area (Å²) < 4.78 is 5.59. The molecule has 1 N–H and O–H groups in total. The standard InChI is InChI=1S/C16H24ClN3O/c1-11-7-8-20(10-15(11)21-2)16-6-5-13(17)14(19-16)9-18-12-3-4-12/h5-6,11-12,15,18H,3-4,7-10H2,1-2H3. The topological polar surface area (TPSA) is 37.4 Å². The number of rotatable bonds is 5. The fourth-order valence-electron chi connectivity index (χ4n) is 2.85. The zero-order valence-corrected chi connectivity index (χ0v) is 13.6. The minimum absolute atomic E-state index is 0.282. The molecule has 116 valence electrons. The summed E-state index contributed by atoms with van der Waals surface area (Å²) in [6.45, 7) is 4.95. The normalized spacial score (nSPS) is 26.1. The van der Waals surface area contributed by atoms with E-state index in [1.54, 1.807) is 7.11 Å². The van der Waals surface area contributed by atoms with Crippen LogP contribution in [0.4, 0.5) is 5.82 Å². The molecule has 2 atom stereocenters. The number of hydrogen-bond acceptors (Lipinski definition) is 4. The summed E-state index contributed by atoms with van der Waals surface area (Å²) in [7, 11) is 1.80. The lowest BCUT2D eigenvalue weighted by molar-refractivity contribution is 0.0496. The van der Waals surface area contributed by atoms with Gasteiger partial charge in [-0.25, -0.2) is 4.98 Å². The van der Waals surface area contributed by atoms with Gasteiger partial charge in [0.05, 0.1) is 16.8 Å². The van der Waals surface area contributed by atoms with Crippen LogP contribution in [0.5, 0.6) is 0 Å². The Balaban J connectivity index is 1.70. The summed E-state index contributed by atoms with van der Waals surface area (Å²) in [4.78, 5) is 7.08. The van der Waals surface area contributed by atoms with E-state index in [1.165, 1.54) is 12.8 Å². The molecule has 1 saturated heterocycles. The van der Waals surface area contributed by atoms with Gasteiger partial charge in [-0.1, -0.05) is 18.5 Å². The summed E-state index contributed by atoms with van der Waals surface area (Å²) in [5, 5.41) is 4.23. The fraction of sp³-hybridized carbons (Fsp3) is 0.688. The maximum Gasteiger partial charge on any atom is 0.129 e. The molecule has 0 aromatic carbocycles. The Bertz CT molecular complexity index is 492. The van der Waals surface area contributed by atoms with Crippen LogP contribution in [0.15, 0.2) is 12.1 Å². The summed E-state index contributed by atoms with van der Waals surface area (Å²) in [5.74, 6) is 1.62. The molecule has 1 aliphatic carbocycles. The first-order valence-electron chi connectivity index (χ1n) is 7.84. The number of pyridine rings is 1. The van der Waals surface area contributed by atoms with Gasteiger partial charge in [-0.05, 0) is 37.3 Å². The van der Waals surface area contributed by atoms with Crippen LogP contribution in [-0.4, -0.2) is 37.3 Å². The Labute approximate surface area is 131 Å². The molecule has 1 aliphatic heterocycles. The highest BCUT2D eigenvalue weighted by atomic mass is 35.5. The molecule has 2 fully saturated rings. The summed E-state index contributed by atoms with van der Waals surface area (Å²) in [6.07, 6.45) is 3.97. The molecular weight excluding hydrogens is 286 g/mol. The van der Waals surface area contributed by atoms with Crippen LogP contribution in [0.3, 0.4) is 0 Å². The minimum atomic E-state index is 0.282. The van der Waals surface area contributed by atoms with E-state index in [1.807, 2.05) is 12.1 Å². The average Bonchev–Trinajstić information content (AvgIpc) is 3.31. The van der Waals surface area contributed by atoms with Crippen molar-refractivity contribution in [3.8, 4) is 0 Å². The number of nitrogens with one attached hydrogen (secondary N) is 1. The van der Waals surface area contributed by atoms with Gasteiger partial charge in [0.25, 0.3) is 0 Å². The van der Waals surface area contributed by atoms with Gasteiger partial charge in [-0.15, -0.1) is 0 Å². The molecule has 2 aliphatic rings. The van der Waals surface area contributed by atoms with E-state index >= 15 is 0 Å². The first kappa shape index (κ1) is 15.1. The van der Waals surface area contributed by atoms with Crippen LogP contribution in [0.25, 0.3) is 0 Å². The number of nitrogens with zero attached hydrogens (tertiary/aromatic N) is 2. The van der Waals surface area contributed by atoms with Crippen LogP contribution in [0, 0.1) is 5.92 Å².